The summed E-state index contributed by atoms with van der Waals surface area (Å²) in [6.45, 7) is 14.0. The van der Waals surface area contributed by atoms with Crippen LogP contribution in [0.25, 0.3) is 0 Å². The van der Waals surface area contributed by atoms with Crippen LogP contribution in [0.1, 0.15) is 24.0 Å². The number of ether oxygens (including phenoxy) is 1. The first-order chi connectivity index (χ1) is 20.2. The van der Waals surface area contributed by atoms with Crippen LogP contribution < -0.4 is 20.3 Å². The molecule has 1 aromatic heterocycles. The molecule has 0 spiro atoms. The van der Waals surface area contributed by atoms with Gasteiger partial charge in [-0.3, -0.25) is 0 Å². The third kappa shape index (κ3) is 7.09. The van der Waals surface area contributed by atoms with Gasteiger partial charge in [-0.15, -0.1) is 0 Å². The highest BCUT2D eigenvalue weighted by Gasteiger charge is 2.25. The SMILES string of the molecule is CCc1nc(Cc2ccc(N3CCN(N4CCN(C)CC4)CC3)cc2OC)nc(Nc2ccccc2P(C)(C)=O)c1Cl. The highest BCUT2D eigenvalue weighted by Crippen LogP contribution is 2.39. The Balaban J connectivity index is 1.32. The Morgan fingerprint density at radius 3 is 2.26 bits per heavy atom. The number of likely N-dealkylation sites (N-methyl/N-ethyl adjacent to an activating group) is 1. The number of halogens is 1. The normalized spacial score (nSPS) is 17.4. The van der Waals surface area contributed by atoms with Crippen LogP contribution in [0.15, 0.2) is 42.5 Å². The van der Waals surface area contributed by atoms with Gasteiger partial charge in [0.2, 0.25) is 0 Å². The number of methoxy groups -OCH3 is 1. The van der Waals surface area contributed by atoms with Crippen molar-refractivity contribution in [2.75, 3.05) is 90.1 Å². The number of hydrogen-bond donors (Lipinski definition) is 1. The van der Waals surface area contributed by atoms with Crippen LogP contribution in [-0.4, -0.2) is 105 Å². The summed E-state index contributed by atoms with van der Waals surface area (Å²) >= 11 is 6.74. The quantitative estimate of drug-likeness (QED) is 0.350. The van der Waals surface area contributed by atoms with E-state index in [4.69, 9.17) is 26.3 Å². The van der Waals surface area contributed by atoms with Gasteiger partial charge in [0, 0.05) is 81.4 Å². The minimum atomic E-state index is -2.51. The molecule has 0 amide bonds. The summed E-state index contributed by atoms with van der Waals surface area (Å²) in [6.07, 6.45) is 1.17. The van der Waals surface area contributed by atoms with Gasteiger partial charge in [-0.05, 0) is 45.0 Å². The molecule has 0 saturated carbocycles. The summed E-state index contributed by atoms with van der Waals surface area (Å²) in [4.78, 5) is 14.4. The van der Waals surface area contributed by atoms with Crippen LogP contribution >= 0.6 is 18.7 Å². The van der Waals surface area contributed by atoms with Crippen molar-refractivity contribution in [3.8, 4) is 5.75 Å². The van der Waals surface area contributed by atoms with Gasteiger partial charge in [-0.2, -0.15) is 0 Å². The standard InChI is InChI=1S/C31H43ClN7O2P/c1-6-25-30(32)31(34-26-9-7-8-10-28(26)42(4,5)40)35-29(33-25)21-23-11-12-24(22-27(23)41-3)37-15-19-39(20-16-37)38-17-13-36(2)14-18-38/h7-12,22H,6,13-21H2,1-5H3,(H,33,34,35). The first-order valence-electron chi connectivity index (χ1n) is 14.7. The molecule has 11 heteroatoms. The molecule has 0 bridgehead atoms. The number of nitrogens with one attached hydrogen (secondary N) is 1. The van der Waals surface area contributed by atoms with E-state index in [1.165, 1.54) is 5.69 Å². The van der Waals surface area contributed by atoms with Crippen molar-refractivity contribution in [1.29, 1.82) is 0 Å². The molecular formula is C31H43ClN7O2P. The summed E-state index contributed by atoms with van der Waals surface area (Å²) in [5.74, 6) is 2.00. The lowest BCUT2D eigenvalue weighted by Gasteiger charge is -2.44. The predicted octanol–water partition coefficient (Wildman–Crippen LogP) is 4.57. The second kappa shape index (κ2) is 13.3. The first kappa shape index (κ1) is 30.8. The number of hydrazine groups is 1. The Morgan fingerprint density at radius 1 is 0.952 bits per heavy atom. The lowest BCUT2D eigenvalue weighted by atomic mass is 10.1. The molecule has 2 aliphatic rings. The highest BCUT2D eigenvalue weighted by atomic mass is 35.5. The summed E-state index contributed by atoms with van der Waals surface area (Å²) in [6, 6.07) is 14.0. The maximum Gasteiger partial charge on any atom is 0.153 e. The molecule has 5 rings (SSSR count). The molecular weight excluding hydrogens is 569 g/mol. The topological polar surface area (TPSA) is 77.1 Å². The van der Waals surface area contributed by atoms with Crippen LogP contribution in [0, 0.1) is 0 Å². The Hall–Kier alpha value is -2.68. The molecule has 0 aliphatic carbocycles. The van der Waals surface area contributed by atoms with E-state index in [1.54, 1.807) is 20.4 Å². The first-order valence-corrected chi connectivity index (χ1v) is 17.7. The number of para-hydroxylation sites is 1. The van der Waals surface area contributed by atoms with Gasteiger partial charge in [0.1, 0.15) is 23.7 Å². The van der Waals surface area contributed by atoms with Crippen molar-refractivity contribution in [3.63, 3.8) is 0 Å². The smallest absolute Gasteiger partial charge is 0.153 e. The van der Waals surface area contributed by atoms with Crippen molar-refractivity contribution >= 4 is 41.2 Å². The van der Waals surface area contributed by atoms with Gasteiger partial charge in [0.05, 0.1) is 18.5 Å². The number of rotatable bonds is 9. The molecule has 3 heterocycles. The Morgan fingerprint density at radius 2 is 1.62 bits per heavy atom. The van der Waals surface area contributed by atoms with E-state index >= 15 is 0 Å². The third-order valence-corrected chi connectivity index (χ3v) is 10.1. The molecule has 0 unspecified atom stereocenters. The van der Waals surface area contributed by atoms with Crippen molar-refractivity contribution in [1.82, 2.24) is 24.9 Å². The lowest BCUT2D eigenvalue weighted by Crippen LogP contribution is -2.58. The van der Waals surface area contributed by atoms with Gasteiger partial charge in [-0.1, -0.05) is 36.7 Å². The molecule has 42 heavy (non-hydrogen) atoms. The van der Waals surface area contributed by atoms with Gasteiger partial charge in [-0.25, -0.2) is 20.0 Å². The van der Waals surface area contributed by atoms with E-state index in [9.17, 15) is 4.57 Å². The fourth-order valence-electron chi connectivity index (χ4n) is 5.68. The number of aryl methyl sites for hydroxylation is 1. The average molecular weight is 612 g/mol. The summed E-state index contributed by atoms with van der Waals surface area (Å²) in [5.41, 5.74) is 3.70. The Kier molecular flexibility index (Phi) is 9.75. The van der Waals surface area contributed by atoms with Gasteiger partial charge in [0.25, 0.3) is 0 Å². The molecule has 0 atom stereocenters. The van der Waals surface area contributed by atoms with E-state index in [2.05, 4.69) is 50.4 Å². The second-order valence-electron chi connectivity index (χ2n) is 11.5. The molecule has 2 saturated heterocycles. The summed E-state index contributed by atoms with van der Waals surface area (Å²) < 4.78 is 18.8. The molecule has 3 aromatic rings. The zero-order chi connectivity index (χ0) is 29.9. The molecule has 9 nitrogen and oxygen atoms in total. The minimum Gasteiger partial charge on any atom is -0.496 e. The van der Waals surface area contributed by atoms with Crippen molar-refractivity contribution < 1.29 is 9.30 Å². The number of aromatic nitrogens is 2. The van der Waals surface area contributed by atoms with E-state index < -0.39 is 7.14 Å². The zero-order valence-electron chi connectivity index (χ0n) is 25.4. The van der Waals surface area contributed by atoms with Crippen molar-refractivity contribution in [2.45, 2.75) is 19.8 Å². The van der Waals surface area contributed by atoms with Crippen LogP contribution in [0.5, 0.6) is 5.75 Å². The molecule has 1 N–H and O–H groups in total. The third-order valence-electron chi connectivity index (χ3n) is 8.16. The Labute approximate surface area is 255 Å². The van der Waals surface area contributed by atoms with Crippen LogP contribution in [0.3, 0.4) is 0 Å². The minimum absolute atomic E-state index is 0.483. The highest BCUT2D eigenvalue weighted by molar-refractivity contribution is 7.70. The van der Waals surface area contributed by atoms with E-state index in [0.29, 0.717) is 29.5 Å². The predicted molar refractivity (Wildman–Crippen MR) is 174 cm³/mol. The van der Waals surface area contributed by atoms with E-state index in [0.717, 1.165) is 80.4 Å². The molecule has 226 valence electrons. The summed E-state index contributed by atoms with van der Waals surface area (Å²) in [5, 5.41) is 9.63. The van der Waals surface area contributed by atoms with Crippen LogP contribution in [0.4, 0.5) is 17.2 Å². The van der Waals surface area contributed by atoms with E-state index in [-0.39, 0.29) is 0 Å². The number of nitrogens with zero attached hydrogens (tertiary/aromatic N) is 6. The van der Waals surface area contributed by atoms with Gasteiger partial charge >= 0.3 is 0 Å². The molecule has 0 radical (unpaired) electrons. The van der Waals surface area contributed by atoms with Gasteiger partial charge in [0.15, 0.2) is 5.82 Å². The lowest BCUT2D eigenvalue weighted by molar-refractivity contribution is -0.0564. The van der Waals surface area contributed by atoms with Crippen molar-refractivity contribution in [2.24, 2.45) is 0 Å². The van der Waals surface area contributed by atoms with Crippen LogP contribution in [-0.2, 0) is 17.4 Å². The zero-order valence-corrected chi connectivity index (χ0v) is 27.1. The number of benzene rings is 2. The van der Waals surface area contributed by atoms with E-state index in [1.807, 2.05) is 31.2 Å². The fourth-order valence-corrected chi connectivity index (χ4v) is 7.10. The molecule has 2 aliphatic heterocycles. The Bertz CT molecular complexity index is 1430. The monoisotopic (exact) mass is 611 g/mol. The molecule has 2 aromatic carbocycles. The van der Waals surface area contributed by atoms with Crippen LogP contribution in [0.2, 0.25) is 5.02 Å². The maximum absolute atomic E-state index is 12.9. The second-order valence-corrected chi connectivity index (χ2v) is 15.0. The number of piperazine rings is 2. The van der Waals surface area contributed by atoms with Crippen molar-refractivity contribution in [3.05, 3.63) is 64.6 Å². The number of anilines is 3. The number of hydrogen-bond acceptors (Lipinski definition) is 9. The van der Waals surface area contributed by atoms with Gasteiger partial charge < -0.3 is 24.4 Å². The maximum atomic E-state index is 12.9. The average Bonchev–Trinajstić information content (AvgIpc) is 2.99. The molecule has 2 fully saturated rings. The largest absolute Gasteiger partial charge is 0.496 e. The summed E-state index contributed by atoms with van der Waals surface area (Å²) in [7, 11) is 1.40. The fraction of sp³-hybridized carbons (Fsp3) is 0.484.